The SMILES string of the molecule is O=S(=O)(N[C@H]1CCSc2ccccc21)c1ccccc1. The van der Waals surface area contributed by atoms with Gasteiger partial charge in [-0.15, -0.1) is 11.8 Å². The number of hydrogen-bond donors (Lipinski definition) is 1. The van der Waals surface area contributed by atoms with E-state index in [1.807, 2.05) is 30.3 Å². The van der Waals surface area contributed by atoms with Gasteiger partial charge in [0.25, 0.3) is 0 Å². The lowest BCUT2D eigenvalue weighted by molar-refractivity contribution is 0.546. The Balaban J connectivity index is 1.90. The van der Waals surface area contributed by atoms with Gasteiger partial charge in [0, 0.05) is 10.9 Å². The Morgan fingerprint density at radius 1 is 1.00 bits per heavy atom. The monoisotopic (exact) mass is 305 g/mol. The number of nitrogens with one attached hydrogen (secondary N) is 1. The highest BCUT2D eigenvalue weighted by Crippen LogP contribution is 2.36. The van der Waals surface area contributed by atoms with E-state index < -0.39 is 10.0 Å². The van der Waals surface area contributed by atoms with Crippen molar-refractivity contribution < 1.29 is 8.42 Å². The standard InChI is InChI=1S/C15H15NO2S2/c17-20(18,12-6-2-1-3-7-12)16-14-10-11-19-15-9-5-4-8-13(14)15/h1-9,14,16H,10-11H2/t14-/m0/s1. The predicted molar refractivity (Wildman–Crippen MR) is 81.3 cm³/mol. The maximum Gasteiger partial charge on any atom is 0.241 e. The van der Waals surface area contributed by atoms with Crippen molar-refractivity contribution in [2.75, 3.05) is 5.75 Å². The minimum Gasteiger partial charge on any atom is -0.207 e. The van der Waals surface area contributed by atoms with Gasteiger partial charge in [-0.2, -0.15) is 0 Å². The van der Waals surface area contributed by atoms with E-state index in [4.69, 9.17) is 0 Å². The van der Waals surface area contributed by atoms with Crippen LogP contribution in [0, 0.1) is 0 Å². The molecule has 1 aliphatic rings. The quantitative estimate of drug-likeness (QED) is 0.947. The van der Waals surface area contributed by atoms with Crippen LogP contribution in [0.25, 0.3) is 0 Å². The van der Waals surface area contributed by atoms with Gasteiger partial charge >= 0.3 is 0 Å². The van der Waals surface area contributed by atoms with Gasteiger partial charge in [0.15, 0.2) is 0 Å². The summed E-state index contributed by atoms with van der Waals surface area (Å²) >= 11 is 1.78. The Hall–Kier alpha value is -1.30. The van der Waals surface area contributed by atoms with E-state index in [0.29, 0.717) is 4.90 Å². The molecule has 0 unspecified atom stereocenters. The second-order valence-corrected chi connectivity index (χ2v) is 7.51. The van der Waals surface area contributed by atoms with Gasteiger partial charge in [0.1, 0.15) is 0 Å². The van der Waals surface area contributed by atoms with Gasteiger partial charge in [0.05, 0.1) is 4.90 Å². The van der Waals surface area contributed by atoms with Crippen molar-refractivity contribution in [2.24, 2.45) is 0 Å². The third-order valence-electron chi connectivity index (χ3n) is 3.31. The summed E-state index contributed by atoms with van der Waals surface area (Å²) in [6.07, 6.45) is 0.813. The van der Waals surface area contributed by atoms with Crippen molar-refractivity contribution in [1.29, 1.82) is 0 Å². The molecule has 0 saturated heterocycles. The Morgan fingerprint density at radius 2 is 1.70 bits per heavy atom. The van der Waals surface area contributed by atoms with E-state index in [-0.39, 0.29) is 6.04 Å². The zero-order chi connectivity index (χ0) is 14.0. The molecule has 2 aromatic rings. The average molecular weight is 305 g/mol. The van der Waals surface area contributed by atoms with Crippen molar-refractivity contribution in [3.63, 3.8) is 0 Å². The first kappa shape index (κ1) is 13.7. The second kappa shape index (κ2) is 5.60. The molecule has 1 aliphatic heterocycles. The lowest BCUT2D eigenvalue weighted by atomic mass is 10.1. The molecule has 1 N–H and O–H groups in total. The van der Waals surface area contributed by atoms with Crippen molar-refractivity contribution in [3.05, 3.63) is 60.2 Å². The van der Waals surface area contributed by atoms with Crippen LogP contribution in [0.1, 0.15) is 18.0 Å². The van der Waals surface area contributed by atoms with Crippen molar-refractivity contribution >= 4 is 21.8 Å². The normalized spacial score (nSPS) is 18.5. The van der Waals surface area contributed by atoms with Crippen LogP contribution in [-0.4, -0.2) is 14.2 Å². The molecule has 2 aromatic carbocycles. The third kappa shape index (κ3) is 2.75. The smallest absolute Gasteiger partial charge is 0.207 e. The van der Waals surface area contributed by atoms with Crippen molar-refractivity contribution in [1.82, 2.24) is 4.72 Å². The molecule has 0 spiro atoms. The first-order valence-electron chi connectivity index (χ1n) is 6.46. The summed E-state index contributed by atoms with van der Waals surface area (Å²) in [6, 6.07) is 16.4. The molecule has 3 nitrogen and oxygen atoms in total. The van der Waals surface area contributed by atoms with Crippen LogP contribution in [0.4, 0.5) is 0 Å². The molecule has 0 fully saturated rings. The fraction of sp³-hybridized carbons (Fsp3) is 0.200. The summed E-state index contributed by atoms with van der Waals surface area (Å²) in [5, 5.41) is 0. The van der Waals surface area contributed by atoms with Gasteiger partial charge < -0.3 is 0 Å². The van der Waals surface area contributed by atoms with Gasteiger partial charge in [0.2, 0.25) is 10.0 Å². The molecule has 0 aromatic heterocycles. The molecule has 5 heteroatoms. The van der Waals surface area contributed by atoms with Crippen molar-refractivity contribution in [2.45, 2.75) is 22.3 Å². The van der Waals surface area contributed by atoms with Gasteiger partial charge in [-0.1, -0.05) is 36.4 Å². The molecule has 0 amide bonds. The van der Waals surface area contributed by atoms with E-state index >= 15 is 0 Å². The van der Waals surface area contributed by atoms with Crippen LogP contribution in [-0.2, 0) is 10.0 Å². The predicted octanol–water partition coefficient (Wildman–Crippen LogP) is 3.20. The summed E-state index contributed by atoms with van der Waals surface area (Å²) < 4.78 is 27.6. The molecule has 0 radical (unpaired) electrons. The summed E-state index contributed by atoms with van der Waals surface area (Å²) in [6.45, 7) is 0. The minimum atomic E-state index is -3.46. The summed E-state index contributed by atoms with van der Waals surface area (Å²) in [4.78, 5) is 1.48. The zero-order valence-electron chi connectivity index (χ0n) is 10.8. The topological polar surface area (TPSA) is 46.2 Å². The van der Waals surface area contributed by atoms with Crippen molar-refractivity contribution in [3.8, 4) is 0 Å². The Labute approximate surface area is 123 Å². The number of rotatable bonds is 3. The molecule has 104 valence electrons. The molecule has 1 heterocycles. The molecule has 3 rings (SSSR count). The number of fused-ring (bicyclic) bond motifs is 1. The minimum absolute atomic E-state index is 0.141. The van der Waals surface area contributed by atoms with Gasteiger partial charge in [-0.05, 0) is 35.9 Å². The number of benzene rings is 2. The van der Waals surface area contributed by atoms with Crippen LogP contribution >= 0.6 is 11.8 Å². The zero-order valence-corrected chi connectivity index (χ0v) is 12.5. The van der Waals surface area contributed by atoms with Gasteiger partial charge in [-0.25, -0.2) is 13.1 Å². The fourth-order valence-electron chi connectivity index (χ4n) is 2.32. The molecule has 0 aliphatic carbocycles. The molecule has 20 heavy (non-hydrogen) atoms. The van der Waals surface area contributed by atoms with Crippen LogP contribution in [0.2, 0.25) is 0 Å². The van der Waals surface area contributed by atoms with E-state index in [9.17, 15) is 8.42 Å². The maximum atomic E-state index is 12.4. The average Bonchev–Trinajstić information content (AvgIpc) is 2.48. The summed E-state index contributed by atoms with van der Waals surface area (Å²) in [5.41, 5.74) is 1.07. The highest BCUT2D eigenvalue weighted by Gasteiger charge is 2.25. The molecular formula is C15H15NO2S2. The molecular weight excluding hydrogens is 290 g/mol. The molecule has 1 atom stereocenters. The van der Waals surface area contributed by atoms with Gasteiger partial charge in [-0.3, -0.25) is 0 Å². The van der Waals surface area contributed by atoms with E-state index in [0.717, 1.165) is 17.7 Å². The number of hydrogen-bond acceptors (Lipinski definition) is 3. The lowest BCUT2D eigenvalue weighted by Gasteiger charge is -2.25. The molecule has 0 saturated carbocycles. The first-order chi connectivity index (χ1) is 9.67. The Bertz CT molecular complexity index is 699. The van der Waals surface area contributed by atoms with Crippen LogP contribution in [0.15, 0.2) is 64.4 Å². The summed E-state index contributed by atoms with van der Waals surface area (Å²) in [7, 11) is -3.46. The Kier molecular flexibility index (Phi) is 3.83. The second-order valence-electron chi connectivity index (χ2n) is 4.66. The highest BCUT2D eigenvalue weighted by atomic mass is 32.2. The van der Waals surface area contributed by atoms with Crippen LogP contribution < -0.4 is 4.72 Å². The maximum absolute atomic E-state index is 12.4. The Morgan fingerprint density at radius 3 is 2.50 bits per heavy atom. The highest BCUT2D eigenvalue weighted by molar-refractivity contribution is 7.99. The van der Waals surface area contributed by atoms with E-state index in [1.54, 1.807) is 36.0 Å². The fourth-order valence-corrected chi connectivity index (χ4v) is 4.72. The van der Waals surface area contributed by atoms with Crippen LogP contribution in [0.3, 0.4) is 0 Å². The number of sulfonamides is 1. The van der Waals surface area contributed by atoms with E-state index in [2.05, 4.69) is 4.72 Å². The third-order valence-corrected chi connectivity index (χ3v) is 5.92. The van der Waals surface area contributed by atoms with Crippen LogP contribution in [0.5, 0.6) is 0 Å². The lowest BCUT2D eigenvalue weighted by Crippen LogP contribution is -2.30. The first-order valence-corrected chi connectivity index (χ1v) is 8.93. The summed E-state index contributed by atoms with van der Waals surface area (Å²) in [5.74, 6) is 0.930. The number of thioether (sulfide) groups is 1. The van der Waals surface area contributed by atoms with E-state index in [1.165, 1.54) is 4.90 Å². The largest absolute Gasteiger partial charge is 0.241 e. The molecule has 0 bridgehead atoms.